The SMILES string of the molecule is N=C(N)c1ccc(NC(=O)c2ccc(I3CC3)cc2)cc1. The molecule has 108 valence electrons. The van der Waals surface area contributed by atoms with Crippen molar-refractivity contribution in [3.63, 3.8) is 0 Å². The van der Waals surface area contributed by atoms with Crippen molar-refractivity contribution in [2.75, 3.05) is 14.2 Å². The molecule has 1 heterocycles. The number of halogens is 1. The Morgan fingerprint density at radius 1 is 1.00 bits per heavy atom. The average molecular weight is 393 g/mol. The number of alkyl halides is 2. The van der Waals surface area contributed by atoms with E-state index in [4.69, 9.17) is 11.1 Å². The topological polar surface area (TPSA) is 79.0 Å². The van der Waals surface area contributed by atoms with Crippen LogP contribution in [0.15, 0.2) is 48.5 Å². The van der Waals surface area contributed by atoms with Gasteiger partial charge in [0, 0.05) is 0 Å². The van der Waals surface area contributed by atoms with Crippen LogP contribution in [0.25, 0.3) is 0 Å². The monoisotopic (exact) mass is 393 g/mol. The van der Waals surface area contributed by atoms with Crippen molar-refractivity contribution in [1.29, 1.82) is 5.41 Å². The normalized spacial score (nSPS) is 14.6. The van der Waals surface area contributed by atoms with E-state index in [1.807, 2.05) is 12.1 Å². The molecular weight excluding hydrogens is 377 g/mol. The van der Waals surface area contributed by atoms with E-state index < -0.39 is 19.8 Å². The van der Waals surface area contributed by atoms with Gasteiger partial charge in [-0.25, -0.2) is 0 Å². The third-order valence-corrected chi connectivity index (χ3v) is 7.89. The number of nitrogens with two attached hydrogens (primary N) is 1. The first-order valence-corrected chi connectivity index (χ1v) is 10.7. The summed E-state index contributed by atoms with van der Waals surface area (Å²) in [6.07, 6.45) is 0. The maximum absolute atomic E-state index is 12.2. The minimum absolute atomic E-state index is 0.0215. The molecule has 0 unspecified atom stereocenters. The predicted molar refractivity (Wildman–Crippen MR) is 94.3 cm³/mol. The zero-order valence-corrected chi connectivity index (χ0v) is 13.6. The van der Waals surface area contributed by atoms with Crippen LogP contribution in [-0.4, -0.2) is 20.6 Å². The summed E-state index contributed by atoms with van der Waals surface area (Å²) < 4.78 is 4.30. The number of rotatable bonds is 4. The Kier molecular flexibility index (Phi) is 3.92. The molecule has 2 aromatic rings. The van der Waals surface area contributed by atoms with E-state index in [1.165, 1.54) is 12.4 Å². The number of carbonyl (C=O) groups is 1. The van der Waals surface area contributed by atoms with E-state index in [1.54, 1.807) is 24.3 Å². The number of amides is 1. The Bertz CT molecular complexity index is 676. The third-order valence-electron chi connectivity index (χ3n) is 3.25. The van der Waals surface area contributed by atoms with Crippen LogP contribution in [0.3, 0.4) is 0 Å². The van der Waals surface area contributed by atoms with Gasteiger partial charge in [0.15, 0.2) is 0 Å². The van der Waals surface area contributed by atoms with E-state index in [-0.39, 0.29) is 11.7 Å². The Labute approximate surface area is 130 Å². The van der Waals surface area contributed by atoms with Crippen molar-refractivity contribution in [3.05, 3.63) is 63.2 Å². The molecule has 1 saturated heterocycles. The summed E-state index contributed by atoms with van der Waals surface area (Å²) in [5.74, 6) is -0.0926. The standard InChI is InChI=1S/C16H16IN3O/c18-15(19)11-3-7-14(8-4-11)20-16(21)12-1-5-13(6-2-12)17-9-10-17/h1-8H,9-10H2,(H3,18,19)(H,20,21). The number of nitrogens with one attached hydrogen (secondary N) is 2. The molecule has 5 heteroatoms. The second-order valence-electron chi connectivity index (χ2n) is 4.79. The molecule has 1 aliphatic heterocycles. The van der Waals surface area contributed by atoms with Crippen LogP contribution in [0.4, 0.5) is 5.69 Å². The number of benzene rings is 2. The van der Waals surface area contributed by atoms with Crippen LogP contribution < -0.4 is 11.1 Å². The van der Waals surface area contributed by atoms with E-state index in [9.17, 15) is 4.79 Å². The molecule has 0 spiro atoms. The van der Waals surface area contributed by atoms with Gasteiger partial charge < -0.3 is 0 Å². The number of amidine groups is 1. The molecular formula is C16H16IN3O. The van der Waals surface area contributed by atoms with Gasteiger partial charge in [0.1, 0.15) is 0 Å². The quantitative estimate of drug-likeness (QED) is 0.323. The van der Waals surface area contributed by atoms with Gasteiger partial charge >= 0.3 is 131 Å². The van der Waals surface area contributed by atoms with Gasteiger partial charge in [-0.1, -0.05) is 0 Å². The third kappa shape index (κ3) is 3.41. The van der Waals surface area contributed by atoms with Gasteiger partial charge in [0.25, 0.3) is 0 Å². The molecule has 4 N–H and O–H groups in total. The molecule has 2 aromatic carbocycles. The van der Waals surface area contributed by atoms with Crippen molar-refractivity contribution in [1.82, 2.24) is 0 Å². The maximum atomic E-state index is 12.2. The minimum atomic E-state index is -0.741. The van der Waals surface area contributed by atoms with Crippen LogP contribution in [-0.2, 0) is 0 Å². The fraction of sp³-hybridized carbons (Fsp3) is 0.125. The van der Waals surface area contributed by atoms with Crippen molar-refractivity contribution in [3.8, 4) is 0 Å². The van der Waals surface area contributed by atoms with E-state index in [0.717, 1.165) is 0 Å². The van der Waals surface area contributed by atoms with Crippen LogP contribution in [0.2, 0.25) is 0 Å². The summed E-state index contributed by atoms with van der Waals surface area (Å²) in [6, 6.07) is 15.0. The Morgan fingerprint density at radius 3 is 2.10 bits per heavy atom. The van der Waals surface area contributed by atoms with Crippen LogP contribution in [0.5, 0.6) is 0 Å². The predicted octanol–water partition coefficient (Wildman–Crippen LogP) is 2.91. The first kappa shape index (κ1) is 14.1. The van der Waals surface area contributed by atoms with Crippen molar-refractivity contribution in [2.24, 2.45) is 5.73 Å². The van der Waals surface area contributed by atoms with Gasteiger partial charge in [-0.15, -0.1) is 0 Å². The van der Waals surface area contributed by atoms with E-state index >= 15 is 0 Å². The summed E-state index contributed by atoms with van der Waals surface area (Å²) in [5, 5.41) is 10.2. The molecule has 3 rings (SSSR count). The molecule has 0 aliphatic carbocycles. The second kappa shape index (κ2) is 5.85. The van der Waals surface area contributed by atoms with Gasteiger partial charge in [-0.05, 0) is 0 Å². The number of nitrogen functional groups attached to an aromatic ring is 1. The van der Waals surface area contributed by atoms with Gasteiger partial charge in [0.2, 0.25) is 0 Å². The summed E-state index contributed by atoms with van der Waals surface area (Å²) in [4.78, 5) is 12.2. The first-order valence-electron chi connectivity index (χ1n) is 6.61. The summed E-state index contributed by atoms with van der Waals surface area (Å²) in [7, 11) is 0. The van der Waals surface area contributed by atoms with Crippen LogP contribution in [0, 0.1) is 8.98 Å². The number of hydrogen-bond donors (Lipinski definition) is 3. The van der Waals surface area contributed by atoms with Crippen molar-refractivity contribution in [2.45, 2.75) is 0 Å². The molecule has 0 atom stereocenters. The summed E-state index contributed by atoms with van der Waals surface area (Å²) in [5.41, 5.74) is 7.42. The number of hydrogen-bond acceptors (Lipinski definition) is 2. The van der Waals surface area contributed by atoms with E-state index in [0.29, 0.717) is 16.8 Å². The average Bonchev–Trinajstić information content (AvgIpc) is 3.32. The molecule has 0 bridgehead atoms. The Balaban J connectivity index is 1.68. The van der Waals surface area contributed by atoms with E-state index in [2.05, 4.69) is 17.4 Å². The van der Waals surface area contributed by atoms with Gasteiger partial charge in [-0.3, -0.25) is 0 Å². The molecule has 21 heavy (non-hydrogen) atoms. The van der Waals surface area contributed by atoms with Gasteiger partial charge in [0.05, 0.1) is 0 Å². The molecule has 1 aliphatic rings. The molecule has 0 radical (unpaired) electrons. The summed E-state index contributed by atoms with van der Waals surface area (Å²) in [6.45, 7) is 0. The second-order valence-corrected chi connectivity index (χ2v) is 10.8. The molecule has 1 fully saturated rings. The van der Waals surface area contributed by atoms with Crippen LogP contribution >= 0.6 is 19.8 Å². The fourth-order valence-electron chi connectivity index (χ4n) is 1.97. The van der Waals surface area contributed by atoms with Gasteiger partial charge in [-0.2, -0.15) is 0 Å². The Morgan fingerprint density at radius 2 is 1.57 bits per heavy atom. The number of anilines is 1. The Hall–Kier alpha value is -1.89. The number of carbonyl (C=O) groups excluding carboxylic acids is 1. The van der Waals surface area contributed by atoms with Crippen LogP contribution in [0.1, 0.15) is 15.9 Å². The zero-order valence-electron chi connectivity index (χ0n) is 11.4. The molecule has 4 nitrogen and oxygen atoms in total. The molecule has 0 saturated carbocycles. The molecule has 0 aromatic heterocycles. The van der Waals surface area contributed by atoms with Crippen molar-refractivity contribution < 1.29 is 4.79 Å². The summed E-state index contributed by atoms with van der Waals surface area (Å²) >= 11 is -0.741. The fourth-order valence-corrected chi connectivity index (χ4v) is 6.16. The first-order chi connectivity index (χ1) is 10.1. The molecule has 1 amide bonds. The van der Waals surface area contributed by atoms with Crippen molar-refractivity contribution >= 4 is 37.2 Å². The zero-order chi connectivity index (χ0) is 14.8.